The minimum atomic E-state index is -3.89. The highest BCUT2D eigenvalue weighted by molar-refractivity contribution is 7.89. The number of ether oxygens (including phenoxy) is 1. The van der Waals surface area contributed by atoms with Gasteiger partial charge in [-0.2, -0.15) is 4.31 Å². The van der Waals surface area contributed by atoms with E-state index >= 15 is 0 Å². The first kappa shape index (κ1) is 21.6. The Morgan fingerprint density at radius 2 is 1.74 bits per heavy atom. The fraction of sp³-hybridized carbons (Fsp3) is 0.571. The lowest BCUT2D eigenvalue weighted by molar-refractivity contribution is -0.160. The molecule has 1 aliphatic rings. The zero-order valence-corrected chi connectivity index (χ0v) is 18.2. The Bertz CT molecular complexity index is 832. The Kier molecular flexibility index (Phi) is 5.66. The standard InChI is InChI=1S/C21H31NO4S/c1-14(2)17-13-21(7,8)22(18(17)19(23)26-20(4,5)6)27(24,25)16-11-9-15(3)10-12-16/h9-12,17-18H,1,13H2,2-8H3/t17-,18-/m1/s1. The molecule has 0 saturated carbocycles. The van der Waals surface area contributed by atoms with Crippen molar-refractivity contribution in [1.29, 1.82) is 0 Å². The van der Waals surface area contributed by atoms with E-state index in [1.165, 1.54) is 4.31 Å². The number of benzene rings is 1. The first-order valence-corrected chi connectivity index (χ1v) is 10.6. The van der Waals surface area contributed by atoms with Crippen molar-refractivity contribution >= 4 is 16.0 Å². The first-order valence-electron chi connectivity index (χ1n) is 9.16. The van der Waals surface area contributed by atoms with Gasteiger partial charge >= 0.3 is 5.97 Å². The lowest BCUT2D eigenvalue weighted by atomic mass is 9.89. The monoisotopic (exact) mass is 393 g/mol. The summed E-state index contributed by atoms with van der Waals surface area (Å²) in [4.78, 5) is 13.2. The third-order valence-electron chi connectivity index (χ3n) is 4.81. The van der Waals surface area contributed by atoms with Crippen molar-refractivity contribution in [3.05, 3.63) is 42.0 Å². The highest BCUT2D eigenvalue weighted by Gasteiger charge is 2.56. The average molecular weight is 394 g/mol. The Hall–Kier alpha value is -1.66. The molecule has 0 spiro atoms. The molecule has 2 atom stereocenters. The van der Waals surface area contributed by atoms with E-state index in [9.17, 15) is 13.2 Å². The second-order valence-corrected chi connectivity index (χ2v) is 10.9. The minimum absolute atomic E-state index is 0.178. The molecule has 150 valence electrons. The van der Waals surface area contributed by atoms with E-state index in [-0.39, 0.29) is 10.8 Å². The van der Waals surface area contributed by atoms with Crippen LogP contribution < -0.4 is 0 Å². The highest BCUT2D eigenvalue weighted by Crippen LogP contribution is 2.45. The van der Waals surface area contributed by atoms with Gasteiger partial charge in [0.1, 0.15) is 11.6 Å². The molecule has 2 rings (SSSR count). The van der Waals surface area contributed by atoms with E-state index in [4.69, 9.17) is 4.74 Å². The first-order chi connectivity index (χ1) is 12.2. The van der Waals surface area contributed by atoms with Gasteiger partial charge in [0.15, 0.2) is 0 Å². The number of hydrogen-bond donors (Lipinski definition) is 0. The molecule has 0 N–H and O–H groups in total. The maximum Gasteiger partial charge on any atom is 0.325 e. The molecule has 1 aliphatic heterocycles. The van der Waals surface area contributed by atoms with E-state index in [1.54, 1.807) is 45.0 Å². The third kappa shape index (κ3) is 4.43. The Morgan fingerprint density at radius 1 is 1.22 bits per heavy atom. The lowest BCUT2D eigenvalue weighted by Crippen LogP contribution is -2.52. The summed E-state index contributed by atoms with van der Waals surface area (Å²) in [6.07, 6.45) is 0.511. The molecule has 27 heavy (non-hydrogen) atoms. The topological polar surface area (TPSA) is 63.7 Å². The van der Waals surface area contributed by atoms with E-state index in [0.717, 1.165) is 11.1 Å². The molecule has 1 aromatic rings. The predicted molar refractivity (Wildman–Crippen MR) is 107 cm³/mol. The van der Waals surface area contributed by atoms with Gasteiger partial charge < -0.3 is 4.74 Å². The van der Waals surface area contributed by atoms with E-state index in [1.807, 2.05) is 27.7 Å². The van der Waals surface area contributed by atoms with E-state index in [2.05, 4.69) is 6.58 Å². The molecule has 0 aliphatic carbocycles. The van der Waals surface area contributed by atoms with Gasteiger partial charge in [-0.05, 0) is 67.0 Å². The average Bonchev–Trinajstić information content (AvgIpc) is 2.78. The fourth-order valence-corrected chi connectivity index (χ4v) is 5.61. The molecule has 0 radical (unpaired) electrons. The van der Waals surface area contributed by atoms with Crippen LogP contribution in [0.3, 0.4) is 0 Å². The smallest absolute Gasteiger partial charge is 0.325 e. The van der Waals surface area contributed by atoms with E-state index < -0.39 is 33.2 Å². The number of rotatable bonds is 4. The van der Waals surface area contributed by atoms with Crippen molar-refractivity contribution in [2.75, 3.05) is 0 Å². The molecule has 0 unspecified atom stereocenters. The zero-order chi connectivity index (χ0) is 20.8. The van der Waals surface area contributed by atoms with Gasteiger partial charge in [-0.15, -0.1) is 0 Å². The van der Waals surface area contributed by atoms with Crippen molar-refractivity contribution in [3.63, 3.8) is 0 Å². The summed E-state index contributed by atoms with van der Waals surface area (Å²) in [6.45, 7) is 16.8. The van der Waals surface area contributed by atoms with Gasteiger partial charge in [0.25, 0.3) is 0 Å². The van der Waals surface area contributed by atoms with Crippen LogP contribution in [0.4, 0.5) is 0 Å². The molecule has 5 nitrogen and oxygen atoms in total. The molecular weight excluding hydrogens is 362 g/mol. The summed E-state index contributed by atoms with van der Waals surface area (Å²) >= 11 is 0. The number of hydrogen-bond acceptors (Lipinski definition) is 4. The molecule has 6 heteroatoms. The quantitative estimate of drug-likeness (QED) is 0.571. The van der Waals surface area contributed by atoms with Crippen LogP contribution in [0.1, 0.15) is 53.5 Å². The fourth-order valence-electron chi connectivity index (χ4n) is 3.64. The van der Waals surface area contributed by atoms with Crippen LogP contribution >= 0.6 is 0 Å². The third-order valence-corrected chi connectivity index (χ3v) is 6.92. The van der Waals surface area contributed by atoms with Crippen molar-refractivity contribution in [2.45, 2.75) is 77.0 Å². The largest absolute Gasteiger partial charge is 0.459 e. The Labute approximate surface area is 163 Å². The van der Waals surface area contributed by atoms with Crippen molar-refractivity contribution in [2.24, 2.45) is 5.92 Å². The van der Waals surface area contributed by atoms with E-state index in [0.29, 0.717) is 6.42 Å². The summed E-state index contributed by atoms with van der Waals surface area (Å²) in [7, 11) is -3.89. The van der Waals surface area contributed by atoms with Crippen LogP contribution in [0.2, 0.25) is 0 Å². The number of aryl methyl sites for hydroxylation is 1. The van der Waals surface area contributed by atoms with Gasteiger partial charge in [0.05, 0.1) is 4.90 Å². The van der Waals surface area contributed by atoms with Gasteiger partial charge in [0.2, 0.25) is 10.0 Å². The van der Waals surface area contributed by atoms with Crippen molar-refractivity contribution in [3.8, 4) is 0 Å². The molecule has 1 aromatic carbocycles. The minimum Gasteiger partial charge on any atom is -0.459 e. The molecule has 1 saturated heterocycles. The Balaban J connectivity index is 2.59. The summed E-state index contributed by atoms with van der Waals surface area (Å²) in [5.74, 6) is -0.827. The highest BCUT2D eigenvalue weighted by atomic mass is 32.2. The summed E-state index contributed by atoms with van der Waals surface area (Å²) < 4.78 is 33.9. The Morgan fingerprint density at radius 3 is 2.19 bits per heavy atom. The summed E-state index contributed by atoms with van der Waals surface area (Å²) in [5.41, 5.74) is 0.302. The van der Waals surface area contributed by atoms with Crippen molar-refractivity contribution < 1.29 is 17.9 Å². The second kappa shape index (κ2) is 7.06. The zero-order valence-electron chi connectivity index (χ0n) is 17.4. The normalized spacial score (nSPS) is 23.2. The van der Waals surface area contributed by atoms with Crippen LogP contribution in [-0.4, -0.2) is 35.9 Å². The second-order valence-electron chi connectivity index (χ2n) is 9.06. The van der Waals surface area contributed by atoms with Crippen LogP contribution in [0.15, 0.2) is 41.3 Å². The number of carbonyl (C=O) groups excluding carboxylic acids is 1. The number of nitrogens with zero attached hydrogens (tertiary/aromatic N) is 1. The number of esters is 1. The summed E-state index contributed by atoms with van der Waals surface area (Å²) in [5, 5.41) is 0. The SMILES string of the molecule is C=C(C)[C@H]1CC(C)(C)N(S(=O)(=O)c2ccc(C)cc2)[C@H]1C(=O)OC(C)(C)C. The van der Waals surface area contributed by atoms with Crippen LogP contribution in [0.5, 0.6) is 0 Å². The van der Waals surface area contributed by atoms with Crippen LogP contribution in [0.25, 0.3) is 0 Å². The lowest BCUT2D eigenvalue weighted by Gasteiger charge is -2.35. The molecular formula is C21H31NO4S. The van der Waals surface area contributed by atoms with Gasteiger partial charge in [-0.3, -0.25) is 4.79 Å². The molecule has 1 heterocycles. The number of carbonyl (C=O) groups is 1. The maximum absolute atomic E-state index is 13.5. The van der Waals surface area contributed by atoms with Crippen LogP contribution in [-0.2, 0) is 19.6 Å². The molecule has 0 amide bonds. The van der Waals surface area contributed by atoms with Crippen LogP contribution in [0, 0.1) is 12.8 Å². The van der Waals surface area contributed by atoms with Gasteiger partial charge in [-0.1, -0.05) is 29.8 Å². The predicted octanol–water partition coefficient (Wildman–Crippen LogP) is 4.07. The molecule has 0 bridgehead atoms. The van der Waals surface area contributed by atoms with Crippen molar-refractivity contribution in [1.82, 2.24) is 4.31 Å². The molecule has 1 fully saturated rings. The van der Waals surface area contributed by atoms with Gasteiger partial charge in [-0.25, -0.2) is 8.42 Å². The maximum atomic E-state index is 13.5. The molecule has 0 aromatic heterocycles. The van der Waals surface area contributed by atoms with Gasteiger partial charge in [0, 0.05) is 11.5 Å². The number of sulfonamides is 1. The summed E-state index contributed by atoms with van der Waals surface area (Å²) in [6, 6.07) is 5.76.